The highest BCUT2D eigenvalue weighted by Crippen LogP contribution is 2.42. The molecule has 0 aliphatic heterocycles. The van der Waals surface area contributed by atoms with E-state index in [1.54, 1.807) is 12.1 Å². The Bertz CT molecular complexity index is 831. The Hall–Kier alpha value is -2.80. The van der Waals surface area contributed by atoms with Crippen LogP contribution in [0.25, 0.3) is 0 Å². The van der Waals surface area contributed by atoms with Crippen LogP contribution in [0.15, 0.2) is 48.5 Å². The second-order valence-corrected chi connectivity index (χ2v) is 7.63. The van der Waals surface area contributed by atoms with Crippen LogP contribution in [-0.2, 0) is 10.2 Å². The summed E-state index contributed by atoms with van der Waals surface area (Å²) >= 11 is 0. The van der Waals surface area contributed by atoms with Crippen LogP contribution in [0.5, 0.6) is 5.75 Å². The van der Waals surface area contributed by atoms with Crippen LogP contribution < -0.4 is 10.1 Å². The number of rotatable bonds is 6. The molecule has 0 aromatic heterocycles. The van der Waals surface area contributed by atoms with E-state index in [-0.39, 0.29) is 5.91 Å². The summed E-state index contributed by atoms with van der Waals surface area (Å²) in [6, 6.07) is 17.4. The molecule has 0 bridgehead atoms. The highest BCUT2D eigenvalue weighted by Gasteiger charge is 2.42. The van der Waals surface area contributed by atoms with Crippen molar-refractivity contribution < 1.29 is 9.53 Å². The first-order valence-corrected chi connectivity index (χ1v) is 9.59. The van der Waals surface area contributed by atoms with Crippen molar-refractivity contribution in [2.24, 2.45) is 5.92 Å². The van der Waals surface area contributed by atoms with E-state index >= 15 is 0 Å². The van der Waals surface area contributed by atoms with Gasteiger partial charge in [0.1, 0.15) is 11.8 Å². The second kappa shape index (κ2) is 8.26. The minimum atomic E-state index is -0.513. The molecular formula is C23H26N2O2. The Balaban J connectivity index is 1.83. The molecule has 1 aliphatic rings. The normalized spacial score (nSPS) is 15.3. The summed E-state index contributed by atoms with van der Waals surface area (Å²) in [5.74, 6) is 1.03. The van der Waals surface area contributed by atoms with Crippen molar-refractivity contribution in [3.8, 4) is 11.8 Å². The fraction of sp³-hybridized carbons (Fsp3) is 0.391. The molecule has 1 saturated carbocycles. The third-order valence-corrected chi connectivity index (χ3v) is 5.16. The average molecular weight is 362 g/mol. The van der Waals surface area contributed by atoms with Gasteiger partial charge in [0.25, 0.3) is 0 Å². The molecule has 1 aliphatic carbocycles. The van der Waals surface area contributed by atoms with Gasteiger partial charge in [0.2, 0.25) is 5.91 Å². The number of amides is 1. The van der Waals surface area contributed by atoms with Crippen LogP contribution in [0, 0.1) is 17.2 Å². The average Bonchev–Trinajstić information content (AvgIpc) is 3.19. The predicted molar refractivity (Wildman–Crippen MR) is 107 cm³/mol. The van der Waals surface area contributed by atoms with Crippen molar-refractivity contribution >= 4 is 11.6 Å². The van der Waals surface area contributed by atoms with E-state index < -0.39 is 5.41 Å². The largest absolute Gasteiger partial charge is 0.493 e. The van der Waals surface area contributed by atoms with Gasteiger partial charge in [0.15, 0.2) is 0 Å². The summed E-state index contributed by atoms with van der Waals surface area (Å²) in [5.41, 5.74) is 1.50. The quantitative estimate of drug-likeness (QED) is 0.783. The molecule has 1 N–H and O–H groups in total. The number of nitrogens with one attached hydrogen (secondary N) is 1. The van der Waals surface area contributed by atoms with Gasteiger partial charge >= 0.3 is 0 Å². The minimum Gasteiger partial charge on any atom is -0.493 e. The van der Waals surface area contributed by atoms with Crippen molar-refractivity contribution in [3.63, 3.8) is 0 Å². The third-order valence-electron chi connectivity index (χ3n) is 5.16. The topological polar surface area (TPSA) is 62.1 Å². The third kappa shape index (κ3) is 4.14. The number of ether oxygens (including phenoxy) is 1. The molecule has 1 amide bonds. The number of benzene rings is 2. The Morgan fingerprint density at radius 3 is 2.52 bits per heavy atom. The molecule has 4 nitrogen and oxygen atoms in total. The molecule has 2 aromatic carbocycles. The molecule has 3 rings (SSSR count). The van der Waals surface area contributed by atoms with Crippen LogP contribution in [0.1, 0.15) is 50.7 Å². The number of carbonyl (C=O) groups is 1. The maximum absolute atomic E-state index is 13.3. The SMILES string of the molecule is CC(C)COc1ccc(NC(=O)C2(c3ccccc3)CCCC2)c(C#N)c1. The van der Waals surface area contributed by atoms with E-state index in [0.29, 0.717) is 29.5 Å². The maximum atomic E-state index is 13.3. The summed E-state index contributed by atoms with van der Waals surface area (Å²) in [6.45, 7) is 4.74. The van der Waals surface area contributed by atoms with Crippen LogP contribution in [-0.4, -0.2) is 12.5 Å². The van der Waals surface area contributed by atoms with Gasteiger partial charge in [-0.05, 0) is 42.5 Å². The van der Waals surface area contributed by atoms with E-state index in [1.165, 1.54) is 0 Å². The number of nitriles is 1. The van der Waals surface area contributed by atoms with Gasteiger partial charge in [-0.2, -0.15) is 5.26 Å². The first-order chi connectivity index (χ1) is 13.0. The van der Waals surface area contributed by atoms with Gasteiger partial charge in [-0.15, -0.1) is 0 Å². The first-order valence-electron chi connectivity index (χ1n) is 9.59. The van der Waals surface area contributed by atoms with Crippen molar-refractivity contribution in [2.75, 3.05) is 11.9 Å². The number of anilines is 1. The maximum Gasteiger partial charge on any atom is 0.235 e. The monoisotopic (exact) mass is 362 g/mol. The smallest absolute Gasteiger partial charge is 0.235 e. The van der Waals surface area contributed by atoms with E-state index in [4.69, 9.17) is 4.74 Å². The molecule has 0 heterocycles. The molecule has 0 saturated heterocycles. The zero-order valence-electron chi connectivity index (χ0n) is 16.0. The van der Waals surface area contributed by atoms with Gasteiger partial charge < -0.3 is 10.1 Å². The van der Waals surface area contributed by atoms with E-state index in [0.717, 1.165) is 31.2 Å². The van der Waals surface area contributed by atoms with Crippen LogP contribution >= 0.6 is 0 Å². The van der Waals surface area contributed by atoms with Gasteiger partial charge in [-0.1, -0.05) is 57.0 Å². The highest BCUT2D eigenvalue weighted by molar-refractivity contribution is 6.00. The van der Waals surface area contributed by atoms with Gasteiger partial charge in [0, 0.05) is 0 Å². The van der Waals surface area contributed by atoms with Gasteiger partial charge in [-0.25, -0.2) is 0 Å². The molecule has 2 aromatic rings. The molecule has 27 heavy (non-hydrogen) atoms. The number of carbonyl (C=O) groups excluding carboxylic acids is 1. The lowest BCUT2D eigenvalue weighted by atomic mass is 9.78. The lowest BCUT2D eigenvalue weighted by Crippen LogP contribution is -2.38. The molecule has 4 heteroatoms. The van der Waals surface area contributed by atoms with Crippen molar-refractivity contribution in [1.29, 1.82) is 5.26 Å². The van der Waals surface area contributed by atoms with E-state index in [1.807, 2.05) is 36.4 Å². The lowest BCUT2D eigenvalue weighted by molar-refractivity contribution is -0.121. The minimum absolute atomic E-state index is 0.0291. The number of nitrogens with zero attached hydrogens (tertiary/aromatic N) is 1. The van der Waals surface area contributed by atoms with Crippen LogP contribution in [0.2, 0.25) is 0 Å². The first kappa shape index (κ1) is 19.0. The van der Waals surface area contributed by atoms with Crippen LogP contribution in [0.3, 0.4) is 0 Å². The summed E-state index contributed by atoms with van der Waals surface area (Å²) < 4.78 is 5.70. The zero-order valence-corrected chi connectivity index (χ0v) is 16.0. The molecule has 0 spiro atoms. The number of hydrogen-bond donors (Lipinski definition) is 1. The second-order valence-electron chi connectivity index (χ2n) is 7.63. The standard InChI is InChI=1S/C23H26N2O2/c1-17(2)16-27-20-10-11-21(18(14-20)15-24)25-22(26)23(12-6-7-13-23)19-8-4-3-5-9-19/h3-5,8-11,14,17H,6-7,12-13,16H2,1-2H3,(H,25,26). The summed E-state index contributed by atoms with van der Waals surface area (Å²) in [5, 5.41) is 12.5. The predicted octanol–water partition coefficient (Wildman–Crippen LogP) is 5.04. The zero-order chi connectivity index (χ0) is 19.3. The van der Waals surface area contributed by atoms with Gasteiger partial charge in [-0.3, -0.25) is 4.79 Å². The Morgan fingerprint density at radius 1 is 1.19 bits per heavy atom. The Labute approximate surface area is 161 Å². The highest BCUT2D eigenvalue weighted by atomic mass is 16.5. The van der Waals surface area contributed by atoms with E-state index in [9.17, 15) is 10.1 Å². The Morgan fingerprint density at radius 2 is 1.89 bits per heavy atom. The Kier molecular flexibility index (Phi) is 5.81. The lowest BCUT2D eigenvalue weighted by Gasteiger charge is -2.28. The molecule has 1 fully saturated rings. The summed E-state index contributed by atoms with van der Waals surface area (Å²) in [6.07, 6.45) is 3.74. The van der Waals surface area contributed by atoms with Gasteiger partial charge in [0.05, 0.1) is 23.3 Å². The molecular weight excluding hydrogens is 336 g/mol. The summed E-state index contributed by atoms with van der Waals surface area (Å²) in [7, 11) is 0. The fourth-order valence-corrected chi connectivity index (χ4v) is 3.70. The molecule has 0 unspecified atom stereocenters. The van der Waals surface area contributed by atoms with Crippen molar-refractivity contribution in [1.82, 2.24) is 0 Å². The molecule has 0 atom stereocenters. The van der Waals surface area contributed by atoms with Crippen molar-refractivity contribution in [2.45, 2.75) is 44.9 Å². The molecule has 140 valence electrons. The van der Waals surface area contributed by atoms with Crippen molar-refractivity contribution in [3.05, 3.63) is 59.7 Å². The van der Waals surface area contributed by atoms with Crippen LogP contribution in [0.4, 0.5) is 5.69 Å². The summed E-state index contributed by atoms with van der Waals surface area (Å²) in [4.78, 5) is 13.3. The molecule has 0 radical (unpaired) electrons. The fourth-order valence-electron chi connectivity index (χ4n) is 3.70. The van der Waals surface area contributed by atoms with E-state index in [2.05, 4.69) is 25.2 Å². The number of hydrogen-bond acceptors (Lipinski definition) is 3.